The van der Waals surface area contributed by atoms with Gasteiger partial charge in [-0.2, -0.15) is 5.10 Å². The van der Waals surface area contributed by atoms with Crippen molar-refractivity contribution in [2.24, 2.45) is 7.05 Å². The number of aryl methyl sites for hydroxylation is 1. The van der Waals surface area contributed by atoms with Gasteiger partial charge >= 0.3 is 0 Å². The van der Waals surface area contributed by atoms with Gasteiger partial charge in [0.05, 0.1) is 5.69 Å². The predicted molar refractivity (Wildman–Crippen MR) is 84.1 cm³/mol. The van der Waals surface area contributed by atoms with Crippen molar-refractivity contribution in [1.82, 2.24) is 9.78 Å². The molecule has 0 aliphatic carbocycles. The summed E-state index contributed by atoms with van der Waals surface area (Å²) in [7, 11) is 1.90. The molecule has 3 rings (SSSR count). The Kier molecular flexibility index (Phi) is 3.40. The third-order valence-electron chi connectivity index (χ3n) is 3.49. The van der Waals surface area contributed by atoms with E-state index < -0.39 is 0 Å². The van der Waals surface area contributed by atoms with Crippen LogP contribution in [0.1, 0.15) is 17.3 Å². The summed E-state index contributed by atoms with van der Waals surface area (Å²) in [6, 6.07) is 17.8. The van der Waals surface area contributed by atoms with Gasteiger partial charge in [-0.15, -0.1) is 0 Å². The monoisotopic (exact) mass is 276 g/mol. The second-order valence-electron chi connectivity index (χ2n) is 5.06. The largest absolute Gasteiger partial charge is 0.294 e. The van der Waals surface area contributed by atoms with Crippen LogP contribution in [-0.2, 0) is 7.05 Å². The molecule has 3 aromatic rings. The molecule has 0 spiro atoms. The lowest BCUT2D eigenvalue weighted by atomic mass is 9.96. The summed E-state index contributed by atoms with van der Waals surface area (Å²) >= 11 is 0. The minimum Gasteiger partial charge on any atom is -0.294 e. The maximum atomic E-state index is 11.8. The van der Waals surface area contributed by atoms with Gasteiger partial charge in [0.2, 0.25) is 0 Å². The summed E-state index contributed by atoms with van der Waals surface area (Å²) in [6.07, 6.45) is 1.92. The van der Waals surface area contributed by atoms with E-state index in [0.717, 1.165) is 27.9 Å². The Morgan fingerprint density at radius 3 is 2.48 bits per heavy atom. The van der Waals surface area contributed by atoms with Crippen LogP contribution in [0.2, 0.25) is 0 Å². The zero-order chi connectivity index (χ0) is 14.8. The van der Waals surface area contributed by atoms with Crippen molar-refractivity contribution in [3.05, 3.63) is 66.4 Å². The maximum Gasteiger partial charge on any atom is 0.160 e. The van der Waals surface area contributed by atoms with Crippen LogP contribution < -0.4 is 0 Å². The Bertz CT molecular complexity index is 802. The van der Waals surface area contributed by atoms with Crippen LogP contribution in [0.4, 0.5) is 0 Å². The number of carbonyl (C=O) groups is 1. The lowest BCUT2D eigenvalue weighted by Crippen LogP contribution is -1.95. The zero-order valence-electron chi connectivity index (χ0n) is 12.1. The van der Waals surface area contributed by atoms with Gasteiger partial charge in [-0.3, -0.25) is 9.48 Å². The van der Waals surface area contributed by atoms with Crippen LogP contribution in [0.3, 0.4) is 0 Å². The highest BCUT2D eigenvalue weighted by Gasteiger charge is 2.09. The molecule has 3 nitrogen and oxygen atoms in total. The molecule has 21 heavy (non-hydrogen) atoms. The van der Waals surface area contributed by atoms with E-state index in [1.54, 1.807) is 11.6 Å². The van der Waals surface area contributed by atoms with Crippen LogP contribution in [-0.4, -0.2) is 15.6 Å². The van der Waals surface area contributed by atoms with E-state index in [0.29, 0.717) is 0 Å². The third kappa shape index (κ3) is 2.63. The highest BCUT2D eigenvalue weighted by molar-refractivity contribution is 6.01. The normalized spacial score (nSPS) is 10.6. The number of Topliss-reactive ketones (excluding diaryl/α,β-unsaturated/α-hetero) is 1. The summed E-state index contributed by atoms with van der Waals surface area (Å²) in [5, 5.41) is 4.42. The molecule has 0 bridgehead atoms. The van der Waals surface area contributed by atoms with Crippen molar-refractivity contribution in [2.45, 2.75) is 6.92 Å². The van der Waals surface area contributed by atoms with Crippen LogP contribution >= 0.6 is 0 Å². The first-order valence-corrected chi connectivity index (χ1v) is 6.85. The lowest BCUT2D eigenvalue weighted by Gasteiger charge is -2.08. The molecule has 0 atom stereocenters. The first-order chi connectivity index (χ1) is 10.1. The van der Waals surface area contributed by atoms with Crippen molar-refractivity contribution < 1.29 is 4.79 Å². The van der Waals surface area contributed by atoms with E-state index >= 15 is 0 Å². The fourth-order valence-corrected chi connectivity index (χ4v) is 2.46. The fraction of sp³-hybridized carbons (Fsp3) is 0.111. The van der Waals surface area contributed by atoms with E-state index in [-0.39, 0.29) is 5.78 Å². The second kappa shape index (κ2) is 5.37. The van der Waals surface area contributed by atoms with Gasteiger partial charge in [0.15, 0.2) is 5.78 Å². The number of ketones is 1. The van der Waals surface area contributed by atoms with E-state index in [1.807, 2.05) is 61.8 Å². The van der Waals surface area contributed by atoms with Gasteiger partial charge in [-0.25, -0.2) is 0 Å². The second-order valence-corrected chi connectivity index (χ2v) is 5.06. The lowest BCUT2D eigenvalue weighted by molar-refractivity contribution is 0.101. The van der Waals surface area contributed by atoms with Crippen LogP contribution in [0.15, 0.2) is 60.8 Å². The van der Waals surface area contributed by atoms with Crippen molar-refractivity contribution in [3.63, 3.8) is 0 Å². The summed E-state index contributed by atoms with van der Waals surface area (Å²) in [6.45, 7) is 1.60. The number of hydrogen-bond acceptors (Lipinski definition) is 2. The van der Waals surface area contributed by atoms with E-state index in [9.17, 15) is 4.79 Å². The van der Waals surface area contributed by atoms with Gasteiger partial charge in [-0.05, 0) is 30.2 Å². The third-order valence-corrected chi connectivity index (χ3v) is 3.49. The Hall–Kier alpha value is -2.68. The van der Waals surface area contributed by atoms with E-state index in [2.05, 4.69) is 11.2 Å². The molecule has 0 N–H and O–H groups in total. The van der Waals surface area contributed by atoms with E-state index in [4.69, 9.17) is 0 Å². The van der Waals surface area contributed by atoms with Crippen molar-refractivity contribution >= 4 is 5.78 Å². The maximum absolute atomic E-state index is 11.8. The molecule has 0 radical (unpaired) electrons. The molecule has 0 saturated heterocycles. The zero-order valence-corrected chi connectivity index (χ0v) is 12.1. The van der Waals surface area contributed by atoms with Gasteiger partial charge in [0, 0.05) is 24.4 Å². The molecule has 0 unspecified atom stereocenters. The quantitative estimate of drug-likeness (QED) is 0.679. The SMILES string of the molecule is CC(=O)c1ccccc1-c1cccc(-c2ccn(C)n2)c1. The minimum atomic E-state index is 0.0776. The van der Waals surface area contributed by atoms with Crippen LogP contribution in [0, 0.1) is 0 Å². The van der Waals surface area contributed by atoms with Crippen LogP contribution in [0.5, 0.6) is 0 Å². The topological polar surface area (TPSA) is 34.9 Å². The van der Waals surface area contributed by atoms with Crippen LogP contribution in [0.25, 0.3) is 22.4 Å². The molecule has 104 valence electrons. The highest BCUT2D eigenvalue weighted by atomic mass is 16.1. The summed E-state index contributed by atoms with van der Waals surface area (Å²) in [5.41, 5.74) is 4.72. The number of benzene rings is 2. The molecule has 1 aromatic heterocycles. The van der Waals surface area contributed by atoms with Gasteiger partial charge in [-0.1, -0.05) is 42.5 Å². The van der Waals surface area contributed by atoms with Crippen molar-refractivity contribution in [1.29, 1.82) is 0 Å². The molecule has 0 amide bonds. The Morgan fingerprint density at radius 2 is 1.76 bits per heavy atom. The molecule has 3 heteroatoms. The molecule has 0 aliphatic rings. The average Bonchev–Trinajstić information content (AvgIpc) is 2.94. The molecule has 0 saturated carbocycles. The summed E-state index contributed by atoms with van der Waals surface area (Å²) in [4.78, 5) is 11.8. The number of carbonyl (C=O) groups excluding carboxylic acids is 1. The number of rotatable bonds is 3. The summed E-state index contributed by atoms with van der Waals surface area (Å²) < 4.78 is 1.78. The number of hydrogen-bond donors (Lipinski definition) is 0. The molecule has 1 heterocycles. The Morgan fingerprint density at radius 1 is 1.00 bits per heavy atom. The average molecular weight is 276 g/mol. The molecular formula is C18H16N2O. The smallest absolute Gasteiger partial charge is 0.160 e. The minimum absolute atomic E-state index is 0.0776. The molecule has 0 aliphatic heterocycles. The first kappa shape index (κ1) is 13.3. The van der Waals surface area contributed by atoms with Gasteiger partial charge in [0.1, 0.15) is 0 Å². The first-order valence-electron chi connectivity index (χ1n) is 6.85. The van der Waals surface area contributed by atoms with Gasteiger partial charge < -0.3 is 0 Å². The molecular weight excluding hydrogens is 260 g/mol. The molecule has 0 fully saturated rings. The fourth-order valence-electron chi connectivity index (χ4n) is 2.46. The van der Waals surface area contributed by atoms with E-state index in [1.165, 1.54) is 0 Å². The summed E-state index contributed by atoms with van der Waals surface area (Å²) in [5.74, 6) is 0.0776. The van der Waals surface area contributed by atoms with Crippen molar-refractivity contribution in [2.75, 3.05) is 0 Å². The standard InChI is InChI=1S/C18H16N2O/c1-13(21)16-8-3-4-9-17(16)14-6-5-7-15(12-14)18-10-11-20(2)19-18/h3-12H,1-2H3. The molecule has 2 aromatic carbocycles. The Labute approximate surface area is 123 Å². The number of nitrogens with zero attached hydrogens (tertiary/aromatic N) is 2. The van der Waals surface area contributed by atoms with Gasteiger partial charge in [0.25, 0.3) is 0 Å². The van der Waals surface area contributed by atoms with Crippen molar-refractivity contribution in [3.8, 4) is 22.4 Å². The predicted octanol–water partition coefficient (Wildman–Crippen LogP) is 3.96. The number of aromatic nitrogens is 2. The highest BCUT2D eigenvalue weighted by Crippen LogP contribution is 2.28. The Balaban J connectivity index is 2.10.